The number of carbonyl (C=O) groups is 2. The molecule has 0 aromatic carbocycles. The van der Waals surface area contributed by atoms with E-state index in [-0.39, 0.29) is 17.9 Å². The number of carbonyl (C=O) groups excluding carboxylic acids is 2. The summed E-state index contributed by atoms with van der Waals surface area (Å²) in [7, 11) is 0. The number of azide groups is 1. The van der Waals surface area contributed by atoms with E-state index in [4.69, 9.17) is 10.3 Å². The first kappa shape index (κ1) is 41.4. The minimum absolute atomic E-state index is 0.00346. The van der Waals surface area contributed by atoms with E-state index in [0.29, 0.717) is 25.9 Å². The van der Waals surface area contributed by atoms with Gasteiger partial charge in [-0.05, 0) is 31.2 Å². The van der Waals surface area contributed by atoms with E-state index in [9.17, 15) is 9.59 Å². The van der Waals surface area contributed by atoms with Crippen LogP contribution in [0.3, 0.4) is 0 Å². The van der Waals surface area contributed by atoms with Crippen molar-refractivity contribution in [2.45, 2.75) is 212 Å². The molecule has 2 amide bonds. The second-order valence-electron chi connectivity index (χ2n) is 13.7. The molecule has 1 fully saturated rings. The number of hydrogen-bond acceptors (Lipinski definition) is 4. The van der Waals surface area contributed by atoms with E-state index in [1.54, 1.807) is 0 Å². The van der Waals surface area contributed by atoms with Gasteiger partial charge in [0.2, 0.25) is 11.8 Å². The molecular formula is C38H72N4O3. The summed E-state index contributed by atoms with van der Waals surface area (Å²) in [6, 6.07) is 0. The molecule has 1 aliphatic heterocycles. The predicted octanol–water partition coefficient (Wildman–Crippen LogP) is 12.2. The Morgan fingerprint density at radius 2 is 1.00 bits per heavy atom. The summed E-state index contributed by atoms with van der Waals surface area (Å²) in [5, 5.41) is 3.59. The van der Waals surface area contributed by atoms with Gasteiger partial charge >= 0.3 is 0 Å². The van der Waals surface area contributed by atoms with Gasteiger partial charge in [-0.1, -0.05) is 173 Å². The van der Waals surface area contributed by atoms with Crippen LogP contribution in [0.25, 0.3) is 10.4 Å². The quantitative estimate of drug-likeness (QED) is 0.0228. The summed E-state index contributed by atoms with van der Waals surface area (Å²) < 4.78 is 6.27. The van der Waals surface area contributed by atoms with Crippen LogP contribution < -0.4 is 0 Å². The molecule has 45 heavy (non-hydrogen) atoms. The van der Waals surface area contributed by atoms with Gasteiger partial charge < -0.3 is 4.74 Å². The lowest BCUT2D eigenvalue weighted by Gasteiger charge is -2.21. The summed E-state index contributed by atoms with van der Waals surface area (Å²) in [6.07, 6.45) is 38.5. The first-order valence-corrected chi connectivity index (χ1v) is 19.6. The molecule has 1 saturated heterocycles. The molecule has 0 saturated carbocycles. The van der Waals surface area contributed by atoms with Gasteiger partial charge in [0.1, 0.15) is 0 Å². The van der Waals surface area contributed by atoms with E-state index in [2.05, 4.69) is 16.9 Å². The van der Waals surface area contributed by atoms with Crippen molar-refractivity contribution in [1.29, 1.82) is 0 Å². The largest absolute Gasteiger partial charge is 0.378 e. The number of unbranched alkanes of at least 4 members (excludes halogenated alkanes) is 25. The maximum absolute atomic E-state index is 12.0. The minimum Gasteiger partial charge on any atom is -0.378 e. The lowest BCUT2D eigenvalue weighted by atomic mass is 10.0. The van der Waals surface area contributed by atoms with Gasteiger partial charge in [0.25, 0.3) is 0 Å². The Morgan fingerprint density at radius 1 is 0.600 bits per heavy atom. The van der Waals surface area contributed by atoms with Crippen molar-refractivity contribution in [3.05, 3.63) is 10.4 Å². The number of ether oxygens (including phenoxy) is 1. The molecule has 0 aliphatic carbocycles. The maximum Gasteiger partial charge on any atom is 0.229 e. The van der Waals surface area contributed by atoms with Crippen LogP contribution in [0.1, 0.15) is 206 Å². The third-order valence-electron chi connectivity index (χ3n) is 9.53. The Bertz CT molecular complexity index is 725. The molecular weight excluding hydrogens is 560 g/mol. The van der Waals surface area contributed by atoms with E-state index in [1.165, 1.54) is 165 Å². The molecule has 1 rings (SSSR count). The summed E-state index contributed by atoms with van der Waals surface area (Å²) in [5.74, 6) is -0.00692. The van der Waals surface area contributed by atoms with Crippen molar-refractivity contribution in [3.63, 3.8) is 0 Å². The van der Waals surface area contributed by atoms with Gasteiger partial charge in [-0.3, -0.25) is 14.5 Å². The molecule has 1 unspecified atom stereocenters. The fourth-order valence-electron chi connectivity index (χ4n) is 6.55. The first-order chi connectivity index (χ1) is 22.2. The van der Waals surface area contributed by atoms with Crippen molar-refractivity contribution in [3.8, 4) is 0 Å². The molecule has 0 radical (unpaired) electrons. The second kappa shape index (κ2) is 32.4. The number of imide groups is 1. The van der Waals surface area contributed by atoms with Crippen molar-refractivity contribution >= 4 is 11.8 Å². The van der Waals surface area contributed by atoms with Gasteiger partial charge in [-0.25, -0.2) is 0 Å². The fraction of sp³-hybridized carbons (Fsp3) is 0.947. The average Bonchev–Trinajstić information content (AvgIpc) is 3.37. The third-order valence-corrected chi connectivity index (χ3v) is 9.53. The normalized spacial score (nSPS) is 13.9. The van der Waals surface area contributed by atoms with Gasteiger partial charge in [0.05, 0.1) is 6.10 Å². The monoisotopic (exact) mass is 633 g/mol. The molecule has 7 heteroatoms. The Hall–Kier alpha value is -1.59. The highest BCUT2D eigenvalue weighted by atomic mass is 16.5. The molecule has 7 nitrogen and oxygen atoms in total. The fourth-order valence-corrected chi connectivity index (χ4v) is 6.55. The summed E-state index contributed by atoms with van der Waals surface area (Å²) >= 11 is 0. The molecule has 262 valence electrons. The van der Waals surface area contributed by atoms with E-state index < -0.39 is 0 Å². The SMILES string of the molecule is CCCCCCCCOC(CCCCCCCCCCCCCCCCCCCCCCCN=[N+]=[N-])CCN1C(=O)CCC1=O. The minimum atomic E-state index is -0.00346. The van der Waals surface area contributed by atoms with E-state index in [1.807, 2.05) is 0 Å². The predicted molar refractivity (Wildman–Crippen MR) is 189 cm³/mol. The molecule has 1 atom stereocenters. The number of nitrogens with zero attached hydrogens (tertiary/aromatic N) is 4. The van der Waals surface area contributed by atoms with Crippen LogP contribution in [0.2, 0.25) is 0 Å². The lowest BCUT2D eigenvalue weighted by Crippen LogP contribution is -2.32. The van der Waals surface area contributed by atoms with Gasteiger partial charge in [-0.15, -0.1) is 0 Å². The van der Waals surface area contributed by atoms with Crippen LogP contribution in [0, 0.1) is 0 Å². The topological polar surface area (TPSA) is 95.4 Å². The summed E-state index contributed by atoms with van der Waals surface area (Å²) in [4.78, 5) is 28.3. The average molecular weight is 633 g/mol. The Labute approximate surface area is 278 Å². The van der Waals surface area contributed by atoms with Crippen LogP contribution in [-0.4, -0.2) is 42.5 Å². The van der Waals surface area contributed by atoms with Gasteiger partial charge in [-0.2, -0.15) is 0 Å². The zero-order valence-corrected chi connectivity index (χ0v) is 29.6. The number of likely N-dealkylation sites (tertiary alicyclic amines) is 1. The molecule has 0 spiro atoms. The van der Waals surface area contributed by atoms with E-state index >= 15 is 0 Å². The van der Waals surface area contributed by atoms with Crippen molar-refractivity contribution in [2.75, 3.05) is 19.7 Å². The molecule has 0 N–H and O–H groups in total. The number of rotatable bonds is 35. The summed E-state index contributed by atoms with van der Waals surface area (Å²) in [6.45, 7) is 4.25. The second-order valence-corrected chi connectivity index (χ2v) is 13.7. The van der Waals surface area contributed by atoms with Crippen molar-refractivity contribution in [2.24, 2.45) is 5.11 Å². The molecule has 1 heterocycles. The van der Waals surface area contributed by atoms with Gasteiger partial charge in [0, 0.05) is 37.4 Å². The number of hydrogen-bond donors (Lipinski definition) is 0. The lowest BCUT2D eigenvalue weighted by molar-refractivity contribution is -0.138. The third kappa shape index (κ3) is 26.2. The molecule has 0 aromatic rings. The Kier molecular flexibility index (Phi) is 29.8. The van der Waals surface area contributed by atoms with Crippen LogP contribution in [-0.2, 0) is 14.3 Å². The number of amides is 2. The molecule has 0 aromatic heterocycles. The van der Waals surface area contributed by atoms with Crippen molar-refractivity contribution < 1.29 is 14.3 Å². The zero-order valence-electron chi connectivity index (χ0n) is 29.6. The van der Waals surface area contributed by atoms with Crippen molar-refractivity contribution in [1.82, 2.24) is 4.90 Å². The molecule has 0 bridgehead atoms. The van der Waals surface area contributed by atoms with Crippen LogP contribution in [0.5, 0.6) is 0 Å². The van der Waals surface area contributed by atoms with Crippen LogP contribution in [0.15, 0.2) is 5.11 Å². The first-order valence-electron chi connectivity index (χ1n) is 19.6. The van der Waals surface area contributed by atoms with Gasteiger partial charge in [0.15, 0.2) is 0 Å². The van der Waals surface area contributed by atoms with E-state index in [0.717, 1.165) is 32.3 Å². The zero-order chi connectivity index (χ0) is 32.5. The molecule has 1 aliphatic rings. The Balaban J connectivity index is 1.92. The standard InChI is InChI=1S/C38H72N4O3/c1-2-3-4-5-25-28-35-45-36(32-34-42-37(43)30-31-38(42)44)29-26-23-21-19-17-15-13-11-9-7-6-8-10-12-14-16-18-20-22-24-27-33-40-41-39/h36H,2-35H2,1H3. The Morgan fingerprint density at radius 3 is 1.44 bits per heavy atom. The smallest absolute Gasteiger partial charge is 0.229 e. The maximum atomic E-state index is 12.0. The summed E-state index contributed by atoms with van der Waals surface area (Å²) in [5.41, 5.74) is 8.27. The highest BCUT2D eigenvalue weighted by molar-refractivity contribution is 6.01. The van der Waals surface area contributed by atoms with Crippen LogP contribution >= 0.6 is 0 Å². The van der Waals surface area contributed by atoms with Crippen LogP contribution in [0.4, 0.5) is 0 Å². The highest BCUT2D eigenvalue weighted by Crippen LogP contribution is 2.19. The highest BCUT2D eigenvalue weighted by Gasteiger charge is 2.29.